The molecule has 0 rings (SSSR count). The Labute approximate surface area is 125 Å². The number of rotatable bonds is 8. The van der Waals surface area contributed by atoms with Crippen molar-refractivity contribution in [2.75, 3.05) is 0 Å². The lowest BCUT2D eigenvalue weighted by molar-refractivity contribution is -0.192. The molecule has 0 aromatic heterocycles. The molecule has 0 heterocycles. The lowest BCUT2D eigenvalue weighted by atomic mass is 10.0. The van der Waals surface area contributed by atoms with Crippen molar-refractivity contribution >= 4 is 30.1 Å². The second kappa shape index (κ2) is 8.72. The predicted octanol–water partition coefficient (Wildman–Crippen LogP) is -2.17. The maximum Gasteiger partial charge on any atom is 0.303 e. The number of carbonyl (C=O) groups excluding carboxylic acids is 5. The van der Waals surface area contributed by atoms with Crippen molar-refractivity contribution in [3.05, 3.63) is 0 Å². The van der Waals surface area contributed by atoms with Gasteiger partial charge in [0, 0.05) is 20.8 Å². The van der Waals surface area contributed by atoms with Crippen LogP contribution >= 0.6 is 0 Å². The summed E-state index contributed by atoms with van der Waals surface area (Å²) in [7, 11) is 0. The van der Waals surface area contributed by atoms with Crippen LogP contribution in [0.5, 0.6) is 0 Å². The van der Waals surface area contributed by atoms with Gasteiger partial charge >= 0.3 is 17.9 Å². The van der Waals surface area contributed by atoms with Gasteiger partial charge in [-0.1, -0.05) is 0 Å². The molecule has 0 spiro atoms. The maximum atomic E-state index is 11.1. The first-order chi connectivity index (χ1) is 10.1. The zero-order valence-electron chi connectivity index (χ0n) is 12.2. The third-order valence-electron chi connectivity index (χ3n) is 2.29. The summed E-state index contributed by atoms with van der Waals surface area (Å²) in [4.78, 5) is 55.3. The molecule has 0 bridgehead atoms. The zero-order chi connectivity index (χ0) is 17.4. The number of amides is 1. The number of aldehydes is 1. The van der Waals surface area contributed by atoms with Gasteiger partial charge in [-0.25, -0.2) is 0 Å². The Morgan fingerprint density at radius 3 is 1.64 bits per heavy atom. The van der Waals surface area contributed by atoms with Gasteiger partial charge in [-0.15, -0.1) is 0 Å². The fourth-order valence-corrected chi connectivity index (χ4v) is 1.54. The molecule has 0 fully saturated rings. The lowest BCUT2D eigenvalue weighted by Gasteiger charge is -2.31. The largest absolute Gasteiger partial charge is 0.455 e. The van der Waals surface area contributed by atoms with E-state index >= 15 is 0 Å². The third kappa shape index (κ3) is 6.31. The molecule has 1 amide bonds. The summed E-state index contributed by atoms with van der Waals surface area (Å²) in [5, 5.41) is 9.70. The van der Waals surface area contributed by atoms with Crippen molar-refractivity contribution in [3.8, 4) is 0 Å². The van der Waals surface area contributed by atoms with Crippen molar-refractivity contribution in [1.82, 2.24) is 0 Å². The minimum Gasteiger partial charge on any atom is -0.455 e. The van der Waals surface area contributed by atoms with E-state index in [1.165, 1.54) is 0 Å². The van der Waals surface area contributed by atoms with Crippen molar-refractivity contribution in [1.29, 1.82) is 0 Å². The van der Waals surface area contributed by atoms with Crippen LogP contribution in [0.2, 0.25) is 0 Å². The van der Waals surface area contributed by atoms with E-state index in [0.29, 0.717) is 0 Å². The topological polar surface area (TPSA) is 159 Å². The molecular formula is C12H17NO9. The number of aliphatic hydroxyl groups excluding tert-OH is 1. The number of esters is 3. The minimum atomic E-state index is -2.09. The van der Waals surface area contributed by atoms with Crippen LogP contribution in [-0.2, 0) is 38.2 Å². The third-order valence-corrected chi connectivity index (χ3v) is 2.29. The van der Waals surface area contributed by atoms with Crippen LogP contribution in [0, 0.1) is 0 Å². The Hall–Kier alpha value is -2.49. The molecule has 0 aliphatic rings. The molecule has 10 nitrogen and oxygen atoms in total. The van der Waals surface area contributed by atoms with E-state index in [-0.39, 0.29) is 6.29 Å². The highest BCUT2D eigenvalue weighted by Crippen LogP contribution is 2.16. The molecule has 0 saturated heterocycles. The average molecular weight is 319 g/mol. The van der Waals surface area contributed by atoms with Crippen LogP contribution in [0.4, 0.5) is 0 Å². The SMILES string of the molecule is CC(=O)O[C@@H]([C@H](OC(C)=O)[C@@H](O)C(N)=O)[C@H](C=O)OC(C)=O. The molecule has 124 valence electrons. The summed E-state index contributed by atoms with van der Waals surface area (Å²) < 4.78 is 14.0. The van der Waals surface area contributed by atoms with Crippen LogP contribution in [0.25, 0.3) is 0 Å². The van der Waals surface area contributed by atoms with Gasteiger partial charge in [0.1, 0.15) is 0 Å². The van der Waals surface area contributed by atoms with E-state index in [1.807, 2.05) is 0 Å². The van der Waals surface area contributed by atoms with Crippen LogP contribution < -0.4 is 5.73 Å². The Kier molecular flexibility index (Phi) is 7.73. The number of hydrogen-bond donors (Lipinski definition) is 2. The highest BCUT2D eigenvalue weighted by Gasteiger charge is 2.43. The van der Waals surface area contributed by atoms with Gasteiger partial charge in [0.15, 0.2) is 30.7 Å². The molecule has 0 aliphatic heterocycles. The van der Waals surface area contributed by atoms with Crippen LogP contribution in [0.1, 0.15) is 20.8 Å². The summed E-state index contributed by atoms with van der Waals surface area (Å²) in [6.45, 7) is 2.89. The first-order valence-electron chi connectivity index (χ1n) is 6.04. The molecule has 0 unspecified atom stereocenters. The molecule has 0 aliphatic carbocycles. The van der Waals surface area contributed by atoms with Crippen LogP contribution in [0.3, 0.4) is 0 Å². The minimum absolute atomic E-state index is 0.0964. The maximum absolute atomic E-state index is 11.1. The van der Waals surface area contributed by atoms with E-state index in [9.17, 15) is 29.1 Å². The highest BCUT2D eigenvalue weighted by molar-refractivity contribution is 5.80. The van der Waals surface area contributed by atoms with E-state index in [1.54, 1.807) is 0 Å². The molecule has 3 N–H and O–H groups in total. The van der Waals surface area contributed by atoms with E-state index in [0.717, 1.165) is 20.8 Å². The normalized spacial score (nSPS) is 15.6. The van der Waals surface area contributed by atoms with Gasteiger partial charge in [-0.05, 0) is 0 Å². The van der Waals surface area contributed by atoms with Crippen LogP contribution in [0.15, 0.2) is 0 Å². The summed E-state index contributed by atoms with van der Waals surface area (Å²) in [5.41, 5.74) is 4.91. The number of hydrogen-bond acceptors (Lipinski definition) is 9. The Bertz CT molecular complexity index is 462. The van der Waals surface area contributed by atoms with E-state index in [4.69, 9.17) is 10.5 Å². The summed E-state index contributed by atoms with van der Waals surface area (Å²) in [5.74, 6) is -4.08. The summed E-state index contributed by atoms with van der Waals surface area (Å²) in [6.07, 6.45) is -7.27. The first kappa shape index (κ1) is 19.5. The monoisotopic (exact) mass is 319 g/mol. The number of aliphatic hydroxyl groups is 1. The van der Waals surface area contributed by atoms with Crippen molar-refractivity contribution in [3.63, 3.8) is 0 Å². The molecule has 0 aromatic rings. The molecule has 0 saturated carbocycles. The van der Waals surface area contributed by atoms with Gasteiger partial charge in [0.05, 0.1) is 0 Å². The average Bonchev–Trinajstić information content (AvgIpc) is 2.38. The van der Waals surface area contributed by atoms with Crippen molar-refractivity contribution in [2.45, 2.75) is 45.2 Å². The van der Waals surface area contributed by atoms with Gasteiger partial charge in [-0.2, -0.15) is 0 Å². The predicted molar refractivity (Wildman–Crippen MR) is 67.9 cm³/mol. The van der Waals surface area contributed by atoms with Crippen molar-refractivity contribution < 1.29 is 43.3 Å². The molecule has 0 aromatic carbocycles. The first-order valence-corrected chi connectivity index (χ1v) is 6.04. The summed E-state index contributed by atoms with van der Waals surface area (Å²) in [6, 6.07) is 0. The van der Waals surface area contributed by atoms with Gasteiger partial charge < -0.3 is 25.1 Å². The second-order valence-corrected chi connectivity index (χ2v) is 4.21. The quantitative estimate of drug-likeness (QED) is 0.288. The Morgan fingerprint density at radius 1 is 0.909 bits per heavy atom. The van der Waals surface area contributed by atoms with E-state index < -0.39 is 48.2 Å². The van der Waals surface area contributed by atoms with Gasteiger partial charge in [0.25, 0.3) is 0 Å². The summed E-state index contributed by atoms with van der Waals surface area (Å²) >= 11 is 0. The molecule has 10 heteroatoms. The number of nitrogens with two attached hydrogens (primary N) is 1. The lowest BCUT2D eigenvalue weighted by Crippen LogP contribution is -2.54. The van der Waals surface area contributed by atoms with Crippen LogP contribution in [-0.4, -0.2) is 59.6 Å². The molecule has 22 heavy (non-hydrogen) atoms. The smallest absolute Gasteiger partial charge is 0.303 e. The van der Waals surface area contributed by atoms with Gasteiger partial charge in [-0.3, -0.25) is 24.0 Å². The Morgan fingerprint density at radius 2 is 1.32 bits per heavy atom. The molecule has 4 atom stereocenters. The number of primary amides is 1. The second-order valence-electron chi connectivity index (χ2n) is 4.21. The van der Waals surface area contributed by atoms with Gasteiger partial charge in [0.2, 0.25) is 5.91 Å². The highest BCUT2D eigenvalue weighted by atomic mass is 16.6. The number of ether oxygens (including phenoxy) is 3. The fourth-order valence-electron chi connectivity index (χ4n) is 1.54. The molecule has 0 radical (unpaired) electrons. The zero-order valence-corrected chi connectivity index (χ0v) is 12.2. The molecular weight excluding hydrogens is 302 g/mol. The fraction of sp³-hybridized carbons (Fsp3) is 0.583. The Balaban J connectivity index is 5.65. The van der Waals surface area contributed by atoms with E-state index in [2.05, 4.69) is 9.47 Å². The standard InChI is InChI=1S/C12H17NO9/c1-5(15)20-8(4-14)10(21-6(2)16)11(22-7(3)17)9(18)12(13)19/h4,8-11,18H,1-3H3,(H2,13,19)/t8-,9+,10+,11+/m0/s1. The number of carbonyl (C=O) groups is 5. The van der Waals surface area contributed by atoms with Crippen molar-refractivity contribution in [2.24, 2.45) is 5.73 Å².